The van der Waals surface area contributed by atoms with E-state index in [2.05, 4.69) is 89.2 Å². The minimum absolute atomic E-state index is 0.105. The van der Waals surface area contributed by atoms with Crippen molar-refractivity contribution in [1.29, 1.82) is 0 Å². The second kappa shape index (κ2) is 9.66. The van der Waals surface area contributed by atoms with Gasteiger partial charge in [0.15, 0.2) is 0 Å². The van der Waals surface area contributed by atoms with Gasteiger partial charge in [-0.1, -0.05) is 67.5 Å². The number of fused-ring (bicyclic) bond motifs is 6. The maximum absolute atomic E-state index is 13.6. The van der Waals surface area contributed by atoms with Crippen molar-refractivity contribution in [1.82, 2.24) is 9.55 Å². The number of hydrogen-bond donors (Lipinski definition) is 0. The van der Waals surface area contributed by atoms with Gasteiger partial charge in [0.25, 0.3) is 0 Å². The fourth-order valence-corrected chi connectivity index (χ4v) is 13.3. The molecule has 43 heavy (non-hydrogen) atoms. The molecule has 5 fully saturated rings. The number of aromatic nitrogens is 2. The van der Waals surface area contributed by atoms with Gasteiger partial charge in [0, 0.05) is 24.3 Å². The predicted octanol–water partition coefficient (Wildman–Crippen LogP) is 9.50. The summed E-state index contributed by atoms with van der Waals surface area (Å²) in [5.74, 6) is 3.00. The van der Waals surface area contributed by atoms with Crippen LogP contribution in [-0.4, -0.2) is 28.0 Å². The van der Waals surface area contributed by atoms with Gasteiger partial charge in [0.2, 0.25) is 0 Å². The van der Waals surface area contributed by atoms with Gasteiger partial charge < -0.3 is 9.30 Å². The number of Topliss-reactive ketones (excluding diaryl/α,β-unsaturated/α-hetero) is 1. The van der Waals surface area contributed by atoms with E-state index < -0.39 is 0 Å². The molecule has 4 heteroatoms. The number of carbonyl (C=O) groups is 1. The van der Waals surface area contributed by atoms with Crippen molar-refractivity contribution < 1.29 is 9.53 Å². The maximum atomic E-state index is 13.6. The molecule has 7 rings (SSSR count). The molecule has 0 aliphatic heterocycles. The first-order valence-electron chi connectivity index (χ1n) is 17.7. The normalized spacial score (nSPS) is 45.1. The summed E-state index contributed by atoms with van der Waals surface area (Å²) in [5.41, 5.74) is 3.48. The second-order valence-electron chi connectivity index (χ2n) is 18.0. The van der Waals surface area contributed by atoms with Crippen molar-refractivity contribution in [2.75, 3.05) is 6.61 Å². The van der Waals surface area contributed by atoms with Gasteiger partial charge >= 0.3 is 0 Å². The van der Waals surface area contributed by atoms with Crippen LogP contribution in [0.3, 0.4) is 0 Å². The molecule has 1 aromatic carbocycles. The second-order valence-corrected chi connectivity index (χ2v) is 18.0. The van der Waals surface area contributed by atoms with Gasteiger partial charge in [0.1, 0.15) is 5.78 Å². The third-order valence-electron chi connectivity index (χ3n) is 16.1. The highest BCUT2D eigenvalue weighted by Gasteiger charge is 2.71. The van der Waals surface area contributed by atoms with Crippen LogP contribution in [0, 0.1) is 56.2 Å². The Kier molecular flexibility index (Phi) is 6.74. The molecule has 0 amide bonds. The zero-order valence-electron chi connectivity index (χ0n) is 28.5. The Hall–Kier alpha value is -1.68. The standard InChI is InChI=1S/C39H58N2O2/c1-26-15-17-34(2,3)39(26)20-19-37(7)27(23-39)13-14-31-36(6)18-16-32(42)35(4,5)33(36)30(24-38(31,37)8)43-22-21-41-25-40-28-11-9-10-12-29(28)41/h9-12,25-27,30-31,33H,13-24H2,1-8H3. The molecule has 0 bridgehead atoms. The number of rotatable bonds is 4. The average Bonchev–Trinajstić information content (AvgIpc) is 3.45. The minimum Gasteiger partial charge on any atom is -0.376 e. The topological polar surface area (TPSA) is 44.1 Å². The monoisotopic (exact) mass is 586 g/mol. The summed E-state index contributed by atoms with van der Waals surface area (Å²) in [7, 11) is 0. The molecule has 5 aliphatic rings. The highest BCUT2D eigenvalue weighted by molar-refractivity contribution is 5.85. The van der Waals surface area contributed by atoms with Crippen LogP contribution in [0.5, 0.6) is 0 Å². The Morgan fingerprint density at radius 2 is 1.67 bits per heavy atom. The SMILES string of the molecule is CC1CCC(C)(C)C12CCC1(C)C(CCC3C4(C)CCC(=O)C(C)(C)C4C(OCCn4cnc5ccccc54)CC31C)C2. The van der Waals surface area contributed by atoms with Gasteiger partial charge in [-0.2, -0.15) is 0 Å². The molecule has 1 aromatic heterocycles. The fourth-order valence-electron chi connectivity index (χ4n) is 13.3. The van der Waals surface area contributed by atoms with Crippen molar-refractivity contribution in [3.05, 3.63) is 30.6 Å². The van der Waals surface area contributed by atoms with Crippen LogP contribution in [-0.2, 0) is 16.1 Å². The number of ether oxygens (including phenoxy) is 1. The number of para-hydroxylation sites is 2. The number of hydrogen-bond acceptors (Lipinski definition) is 3. The van der Waals surface area contributed by atoms with E-state index in [1.165, 1.54) is 50.5 Å². The molecule has 9 atom stereocenters. The van der Waals surface area contributed by atoms with E-state index >= 15 is 0 Å². The van der Waals surface area contributed by atoms with Crippen LogP contribution in [0.2, 0.25) is 0 Å². The average molecular weight is 587 g/mol. The van der Waals surface area contributed by atoms with Crippen LogP contribution >= 0.6 is 0 Å². The fraction of sp³-hybridized carbons (Fsp3) is 0.795. The van der Waals surface area contributed by atoms with Crippen molar-refractivity contribution >= 4 is 16.8 Å². The summed E-state index contributed by atoms with van der Waals surface area (Å²) in [4.78, 5) is 18.2. The molecule has 0 radical (unpaired) electrons. The maximum Gasteiger partial charge on any atom is 0.138 e. The first-order valence-corrected chi connectivity index (χ1v) is 17.7. The van der Waals surface area contributed by atoms with Crippen LogP contribution in [0.25, 0.3) is 11.0 Å². The van der Waals surface area contributed by atoms with Crippen LogP contribution in [0.1, 0.15) is 120 Å². The molecule has 2 aromatic rings. The highest BCUT2D eigenvalue weighted by Crippen LogP contribution is 2.77. The van der Waals surface area contributed by atoms with Gasteiger partial charge in [0.05, 0.1) is 30.1 Å². The summed E-state index contributed by atoms with van der Waals surface area (Å²) >= 11 is 0. The van der Waals surface area contributed by atoms with Crippen molar-refractivity contribution in [2.24, 2.45) is 56.2 Å². The minimum atomic E-state index is -0.349. The lowest BCUT2D eigenvalue weighted by Crippen LogP contribution is -2.69. The lowest BCUT2D eigenvalue weighted by Gasteiger charge is -2.73. The predicted molar refractivity (Wildman–Crippen MR) is 175 cm³/mol. The lowest BCUT2D eigenvalue weighted by atomic mass is 9.32. The van der Waals surface area contributed by atoms with Gasteiger partial charge in [-0.25, -0.2) is 4.98 Å². The first-order chi connectivity index (χ1) is 20.2. The van der Waals surface area contributed by atoms with Crippen molar-refractivity contribution in [2.45, 2.75) is 132 Å². The summed E-state index contributed by atoms with van der Waals surface area (Å²) in [6.07, 6.45) is 14.6. The van der Waals surface area contributed by atoms with E-state index in [0.717, 1.165) is 43.2 Å². The highest BCUT2D eigenvalue weighted by atomic mass is 16.5. The summed E-state index contributed by atoms with van der Waals surface area (Å²) in [6, 6.07) is 8.38. The number of carbonyl (C=O) groups excluding carboxylic acids is 1. The molecule has 0 N–H and O–H groups in total. The van der Waals surface area contributed by atoms with Crippen molar-refractivity contribution in [3.8, 4) is 0 Å². The number of imidazole rings is 1. The third kappa shape index (κ3) is 3.96. The Balaban J connectivity index is 1.22. The van der Waals surface area contributed by atoms with Crippen LogP contribution < -0.4 is 0 Å². The smallest absolute Gasteiger partial charge is 0.138 e. The molecule has 0 saturated heterocycles. The lowest BCUT2D eigenvalue weighted by molar-refractivity contribution is -0.262. The van der Waals surface area contributed by atoms with E-state index in [9.17, 15) is 4.79 Å². The zero-order chi connectivity index (χ0) is 30.6. The summed E-state index contributed by atoms with van der Waals surface area (Å²) < 4.78 is 9.34. The quantitative estimate of drug-likeness (QED) is 0.358. The van der Waals surface area contributed by atoms with Crippen LogP contribution in [0.4, 0.5) is 0 Å². The molecule has 5 aliphatic carbocycles. The Labute approximate surface area is 261 Å². The molecular weight excluding hydrogens is 528 g/mol. The van der Waals surface area contributed by atoms with Gasteiger partial charge in [-0.05, 0) is 115 Å². The Morgan fingerprint density at radius 3 is 2.42 bits per heavy atom. The largest absolute Gasteiger partial charge is 0.376 e. The van der Waals surface area contributed by atoms with E-state index in [1.807, 2.05) is 6.33 Å². The molecule has 236 valence electrons. The van der Waals surface area contributed by atoms with E-state index in [0.29, 0.717) is 34.6 Å². The summed E-state index contributed by atoms with van der Waals surface area (Å²) in [6.45, 7) is 21.7. The molecule has 5 saturated carbocycles. The van der Waals surface area contributed by atoms with E-state index in [4.69, 9.17) is 4.74 Å². The Bertz CT molecular complexity index is 1410. The van der Waals surface area contributed by atoms with Gasteiger partial charge in [-0.3, -0.25) is 4.79 Å². The van der Waals surface area contributed by atoms with Gasteiger partial charge in [-0.15, -0.1) is 0 Å². The molecule has 4 nitrogen and oxygen atoms in total. The number of ketones is 1. The zero-order valence-corrected chi connectivity index (χ0v) is 28.5. The third-order valence-corrected chi connectivity index (χ3v) is 16.1. The molecule has 9 unspecified atom stereocenters. The number of benzene rings is 1. The van der Waals surface area contributed by atoms with E-state index in [1.54, 1.807) is 0 Å². The molecule has 1 heterocycles. The van der Waals surface area contributed by atoms with Crippen LogP contribution in [0.15, 0.2) is 30.6 Å². The van der Waals surface area contributed by atoms with Crippen molar-refractivity contribution in [3.63, 3.8) is 0 Å². The van der Waals surface area contributed by atoms with E-state index in [-0.39, 0.29) is 28.3 Å². The first kappa shape index (κ1) is 30.0. The summed E-state index contributed by atoms with van der Waals surface area (Å²) in [5, 5.41) is 0. The number of nitrogens with zero attached hydrogens (tertiary/aromatic N) is 2. The Morgan fingerprint density at radius 1 is 0.907 bits per heavy atom. The molecule has 1 spiro atoms. The molecular formula is C39H58N2O2.